The zero-order valence-electron chi connectivity index (χ0n) is 7.68. The first-order valence-corrected chi connectivity index (χ1v) is 6.19. The number of benzene rings is 1. The zero-order valence-corrected chi connectivity index (χ0v) is 10.6. The number of hydrogen-bond acceptors (Lipinski definition) is 4. The van der Waals surface area contributed by atoms with Gasteiger partial charge in [0.25, 0.3) is 0 Å². The molecule has 1 unspecified atom stereocenters. The Labute approximate surface area is 98.1 Å². The SMILES string of the molecule is Cc1ccc(S(C)=O)cc1[S-](=O)=O.[Cr]. The third-order valence-electron chi connectivity index (χ3n) is 1.67. The maximum Gasteiger partial charge on any atom is 0.0497 e. The van der Waals surface area contributed by atoms with Crippen LogP contribution >= 0.6 is 0 Å². The Morgan fingerprint density at radius 1 is 1.29 bits per heavy atom. The molecule has 0 aliphatic rings. The number of rotatable bonds is 2. The Bertz CT molecular complexity index is 419. The molecule has 0 saturated carbocycles. The largest absolute Gasteiger partial charge is 0.420 e. The minimum Gasteiger partial charge on any atom is -0.420 e. The van der Waals surface area contributed by atoms with Crippen LogP contribution in [0.2, 0.25) is 0 Å². The van der Waals surface area contributed by atoms with E-state index < -0.39 is 21.5 Å². The van der Waals surface area contributed by atoms with Crippen molar-refractivity contribution in [1.29, 1.82) is 0 Å². The fourth-order valence-corrected chi connectivity index (χ4v) is 2.11. The van der Waals surface area contributed by atoms with Gasteiger partial charge in [0.05, 0.1) is 0 Å². The van der Waals surface area contributed by atoms with E-state index in [1.165, 1.54) is 12.3 Å². The molecule has 1 aromatic rings. The smallest absolute Gasteiger partial charge is 0.0497 e. The van der Waals surface area contributed by atoms with Gasteiger partial charge in [0.1, 0.15) is 0 Å². The van der Waals surface area contributed by atoms with Gasteiger partial charge in [-0.3, -0.25) is 4.21 Å². The molecule has 78 valence electrons. The summed E-state index contributed by atoms with van der Waals surface area (Å²) >= 11 is 0. The van der Waals surface area contributed by atoms with Gasteiger partial charge < -0.3 is 8.42 Å². The van der Waals surface area contributed by atoms with Gasteiger partial charge in [-0.2, -0.15) is 0 Å². The molecule has 0 aliphatic carbocycles. The standard InChI is InChI=1S/C8H9O3S2.Cr/c1-6-3-4-7(12(2)9)5-8(6)13(10)11;/h3-5H,1-2H3;/q-1;. The van der Waals surface area contributed by atoms with E-state index in [2.05, 4.69) is 0 Å². The molecule has 0 bridgehead atoms. The molecule has 0 heterocycles. The first kappa shape index (κ1) is 13.9. The summed E-state index contributed by atoms with van der Waals surface area (Å²) in [4.78, 5) is 0.748. The second kappa shape index (κ2) is 5.67. The molecule has 0 saturated heterocycles. The van der Waals surface area contributed by atoms with Crippen LogP contribution in [-0.4, -0.2) is 10.5 Å². The molecule has 14 heavy (non-hydrogen) atoms. The van der Waals surface area contributed by atoms with Crippen molar-refractivity contribution < 1.29 is 30.0 Å². The average molecular weight is 269 g/mol. The van der Waals surface area contributed by atoms with E-state index in [9.17, 15) is 12.6 Å². The van der Waals surface area contributed by atoms with Crippen molar-refractivity contribution in [2.45, 2.75) is 16.7 Å². The van der Waals surface area contributed by atoms with Crippen LogP contribution in [0.1, 0.15) is 5.56 Å². The summed E-state index contributed by atoms with van der Waals surface area (Å²) < 4.78 is 32.4. The maximum absolute atomic E-state index is 11.0. The summed E-state index contributed by atoms with van der Waals surface area (Å²) in [5.74, 6) is 0. The summed E-state index contributed by atoms with van der Waals surface area (Å²) in [7, 11) is -3.39. The molecule has 0 aromatic heterocycles. The van der Waals surface area contributed by atoms with Gasteiger partial charge in [-0.1, -0.05) is 22.6 Å². The van der Waals surface area contributed by atoms with Crippen LogP contribution in [0.25, 0.3) is 0 Å². The van der Waals surface area contributed by atoms with Gasteiger partial charge in [0, 0.05) is 39.3 Å². The van der Waals surface area contributed by atoms with E-state index >= 15 is 0 Å². The van der Waals surface area contributed by atoms with Crippen LogP contribution in [0, 0.1) is 6.92 Å². The molecule has 3 nitrogen and oxygen atoms in total. The van der Waals surface area contributed by atoms with E-state index in [-0.39, 0.29) is 22.3 Å². The summed E-state index contributed by atoms with van der Waals surface area (Å²) in [5.41, 5.74) is 0.669. The predicted molar refractivity (Wildman–Crippen MR) is 50.5 cm³/mol. The van der Waals surface area contributed by atoms with Crippen molar-refractivity contribution >= 4 is 21.5 Å². The van der Waals surface area contributed by atoms with Gasteiger partial charge >= 0.3 is 0 Å². The fraction of sp³-hybridized carbons (Fsp3) is 0.250. The molecule has 1 aromatic carbocycles. The van der Waals surface area contributed by atoms with E-state index in [0.717, 1.165) is 0 Å². The average Bonchev–Trinajstić information content (AvgIpc) is 2.04. The molecule has 1 atom stereocenters. The Balaban J connectivity index is 0.00000169. The summed E-state index contributed by atoms with van der Waals surface area (Å²) in [6, 6.07) is 4.76. The fourth-order valence-electron chi connectivity index (χ4n) is 0.939. The Kier molecular flexibility index (Phi) is 5.61. The predicted octanol–water partition coefficient (Wildman–Crippen LogP) is 1.40. The molecule has 0 N–H and O–H groups in total. The molecule has 0 spiro atoms. The van der Waals surface area contributed by atoms with Crippen molar-refractivity contribution in [3.63, 3.8) is 0 Å². The van der Waals surface area contributed by atoms with Crippen LogP contribution in [-0.2, 0) is 47.3 Å². The first-order valence-electron chi connectivity index (χ1n) is 3.55. The molecule has 0 fully saturated rings. The molecule has 0 aliphatic heterocycles. The Morgan fingerprint density at radius 3 is 2.29 bits per heavy atom. The van der Waals surface area contributed by atoms with Crippen LogP contribution < -0.4 is 0 Å². The third kappa shape index (κ3) is 3.21. The van der Waals surface area contributed by atoms with Crippen LogP contribution in [0.5, 0.6) is 0 Å². The van der Waals surface area contributed by atoms with E-state index in [0.29, 0.717) is 10.5 Å². The van der Waals surface area contributed by atoms with Crippen molar-refractivity contribution in [1.82, 2.24) is 0 Å². The Morgan fingerprint density at radius 2 is 1.86 bits per heavy atom. The maximum atomic E-state index is 11.0. The van der Waals surface area contributed by atoms with Crippen molar-refractivity contribution in [2.24, 2.45) is 0 Å². The second-order valence-corrected chi connectivity index (χ2v) is 4.91. The molecule has 1 rings (SSSR count). The summed E-state index contributed by atoms with van der Waals surface area (Å²) in [5, 5.41) is 0. The molecule has 6 heteroatoms. The molecule has 0 radical (unpaired) electrons. The molecule has 0 amide bonds. The molecular formula is C8H9CrO3S2-. The molecular weight excluding hydrogens is 260 g/mol. The number of aryl methyl sites for hydroxylation is 1. The van der Waals surface area contributed by atoms with Crippen molar-refractivity contribution in [3.05, 3.63) is 23.8 Å². The van der Waals surface area contributed by atoms with Crippen LogP contribution in [0.15, 0.2) is 28.0 Å². The normalized spacial score (nSPS) is 12.2. The van der Waals surface area contributed by atoms with E-state index in [1.807, 2.05) is 0 Å². The summed E-state index contributed by atoms with van der Waals surface area (Å²) in [6.45, 7) is 1.70. The van der Waals surface area contributed by atoms with Crippen LogP contribution in [0.4, 0.5) is 0 Å². The minimum absolute atomic E-state index is 0. The number of hydrogen-bond donors (Lipinski definition) is 0. The summed E-state index contributed by atoms with van der Waals surface area (Å²) in [6.07, 6.45) is 1.52. The van der Waals surface area contributed by atoms with Crippen LogP contribution in [0.3, 0.4) is 0 Å². The van der Waals surface area contributed by atoms with E-state index in [1.54, 1.807) is 19.1 Å². The first-order chi connectivity index (χ1) is 6.02. The quantitative estimate of drug-likeness (QED) is 0.763. The van der Waals surface area contributed by atoms with Gasteiger partial charge in [-0.05, 0) is 23.7 Å². The van der Waals surface area contributed by atoms with Crippen molar-refractivity contribution in [2.75, 3.05) is 6.26 Å². The zero-order chi connectivity index (χ0) is 10.0. The monoisotopic (exact) mass is 269 g/mol. The third-order valence-corrected chi connectivity index (χ3v) is 3.39. The van der Waals surface area contributed by atoms with Gasteiger partial charge in [0.15, 0.2) is 0 Å². The topological polar surface area (TPSA) is 51.2 Å². The Hall–Kier alpha value is -0.148. The van der Waals surface area contributed by atoms with Gasteiger partial charge in [0.2, 0.25) is 0 Å². The van der Waals surface area contributed by atoms with Gasteiger partial charge in [-0.15, -0.1) is 0 Å². The van der Waals surface area contributed by atoms with Gasteiger partial charge in [-0.25, -0.2) is 0 Å². The second-order valence-electron chi connectivity index (χ2n) is 2.62. The van der Waals surface area contributed by atoms with Crippen molar-refractivity contribution in [3.8, 4) is 0 Å². The minimum atomic E-state index is -2.25. The van der Waals surface area contributed by atoms with E-state index in [4.69, 9.17) is 0 Å².